The number of Topliss-reactive ketones (excluding diaryl/α,β-unsaturated/α-hetero) is 2. The Morgan fingerprint density at radius 1 is 0.404 bits per heavy atom. The summed E-state index contributed by atoms with van der Waals surface area (Å²) in [5.41, 5.74) is 14.5. The minimum atomic E-state index is -0.596. The molecular formula is C44H54N4O4. The summed E-state index contributed by atoms with van der Waals surface area (Å²) in [6.07, 6.45) is 12.3. The summed E-state index contributed by atoms with van der Waals surface area (Å²) < 4.78 is 0. The number of ketones is 2. The van der Waals surface area contributed by atoms with E-state index in [1.54, 1.807) is 48.5 Å². The van der Waals surface area contributed by atoms with Crippen LogP contribution in [-0.2, 0) is 12.8 Å². The van der Waals surface area contributed by atoms with Crippen LogP contribution >= 0.6 is 0 Å². The number of rotatable bonds is 25. The largest absolute Gasteiger partial charge is 0.366 e. The Morgan fingerprint density at radius 3 is 1.02 bits per heavy atom. The molecule has 0 aliphatic rings. The van der Waals surface area contributed by atoms with Gasteiger partial charge in [-0.1, -0.05) is 148 Å². The van der Waals surface area contributed by atoms with Crippen molar-refractivity contribution in [3.8, 4) is 0 Å². The van der Waals surface area contributed by atoms with Crippen LogP contribution in [0.4, 0.5) is 0 Å². The number of amides is 2. The maximum atomic E-state index is 13.5. The van der Waals surface area contributed by atoms with Gasteiger partial charge in [-0.2, -0.15) is 0 Å². The molecule has 0 saturated carbocycles. The summed E-state index contributed by atoms with van der Waals surface area (Å²) >= 11 is 0. The van der Waals surface area contributed by atoms with Crippen molar-refractivity contribution in [3.05, 3.63) is 143 Å². The molecule has 4 rings (SSSR count). The maximum Gasteiger partial charge on any atom is 0.249 e. The van der Waals surface area contributed by atoms with Gasteiger partial charge in [-0.25, -0.2) is 0 Å². The molecule has 0 fully saturated rings. The fourth-order valence-electron chi connectivity index (χ4n) is 6.63. The number of unbranched alkanes of at least 4 members (excludes halogenated alkanes) is 9. The number of nitrogens with one attached hydrogen (secondary N) is 2. The van der Waals surface area contributed by atoms with Crippen molar-refractivity contribution in [1.82, 2.24) is 10.6 Å². The van der Waals surface area contributed by atoms with Gasteiger partial charge in [0.2, 0.25) is 11.8 Å². The highest BCUT2D eigenvalue weighted by Crippen LogP contribution is 2.17. The Bertz CT molecular complexity index is 1580. The average molecular weight is 703 g/mol. The minimum absolute atomic E-state index is 0.111. The molecule has 4 aromatic carbocycles. The number of carbonyl (C=O) groups is 4. The Morgan fingerprint density at radius 2 is 0.692 bits per heavy atom. The van der Waals surface area contributed by atoms with Crippen molar-refractivity contribution in [2.45, 2.75) is 89.1 Å². The second-order valence-corrected chi connectivity index (χ2v) is 13.5. The molecule has 2 amide bonds. The lowest BCUT2D eigenvalue weighted by molar-refractivity contribution is 0.0925. The van der Waals surface area contributed by atoms with E-state index in [0.29, 0.717) is 24.0 Å². The van der Waals surface area contributed by atoms with E-state index < -0.39 is 23.9 Å². The van der Waals surface area contributed by atoms with E-state index in [4.69, 9.17) is 11.5 Å². The van der Waals surface area contributed by atoms with Crippen molar-refractivity contribution in [2.75, 3.05) is 13.1 Å². The Hall–Kier alpha value is -4.92. The van der Waals surface area contributed by atoms with Crippen LogP contribution in [0.15, 0.2) is 109 Å². The maximum absolute atomic E-state index is 13.5. The lowest BCUT2D eigenvalue weighted by Crippen LogP contribution is -2.40. The van der Waals surface area contributed by atoms with Gasteiger partial charge in [0.15, 0.2) is 11.6 Å². The van der Waals surface area contributed by atoms with Gasteiger partial charge in [0, 0.05) is 22.3 Å². The molecule has 0 heterocycles. The van der Waals surface area contributed by atoms with Crippen LogP contribution in [0, 0.1) is 0 Å². The van der Waals surface area contributed by atoms with Crippen LogP contribution < -0.4 is 22.1 Å². The number of hydrogen-bond acceptors (Lipinski definition) is 6. The molecule has 0 spiro atoms. The molecule has 0 aromatic heterocycles. The molecule has 0 saturated heterocycles. The topological polar surface area (TPSA) is 144 Å². The summed E-state index contributed by atoms with van der Waals surface area (Å²) in [5.74, 6) is -1.41. The first-order chi connectivity index (χ1) is 25.3. The number of hydrogen-bond donors (Lipinski definition) is 4. The van der Waals surface area contributed by atoms with Gasteiger partial charge < -0.3 is 22.1 Å². The van der Waals surface area contributed by atoms with Crippen LogP contribution in [0.3, 0.4) is 0 Å². The van der Waals surface area contributed by atoms with Gasteiger partial charge in [0.05, 0.1) is 12.1 Å². The molecular weight excluding hydrogens is 649 g/mol. The third-order valence-electron chi connectivity index (χ3n) is 9.50. The van der Waals surface area contributed by atoms with Gasteiger partial charge in [0.1, 0.15) is 0 Å². The first kappa shape index (κ1) is 39.9. The van der Waals surface area contributed by atoms with Crippen molar-refractivity contribution in [2.24, 2.45) is 11.5 Å². The molecule has 6 N–H and O–H groups in total. The highest BCUT2D eigenvalue weighted by atomic mass is 16.2. The lowest BCUT2D eigenvalue weighted by atomic mass is 9.94. The van der Waals surface area contributed by atoms with Crippen LogP contribution in [0.25, 0.3) is 0 Å². The third-order valence-corrected chi connectivity index (χ3v) is 9.50. The molecule has 2 atom stereocenters. The molecule has 8 heteroatoms. The molecule has 0 bridgehead atoms. The highest BCUT2D eigenvalue weighted by Gasteiger charge is 2.25. The van der Waals surface area contributed by atoms with E-state index in [0.717, 1.165) is 62.7 Å². The molecule has 8 nitrogen and oxygen atoms in total. The van der Waals surface area contributed by atoms with E-state index in [2.05, 4.69) is 10.6 Å². The number of benzene rings is 4. The number of nitrogens with two attached hydrogens (primary N) is 2. The third kappa shape index (κ3) is 13.0. The van der Waals surface area contributed by atoms with Crippen molar-refractivity contribution in [1.29, 1.82) is 0 Å². The lowest BCUT2D eigenvalue weighted by Gasteiger charge is -2.19. The Labute approximate surface area is 308 Å². The van der Waals surface area contributed by atoms with Crippen molar-refractivity contribution >= 4 is 23.4 Å². The van der Waals surface area contributed by atoms with Gasteiger partial charge in [-0.3, -0.25) is 19.2 Å². The summed E-state index contributed by atoms with van der Waals surface area (Å²) in [4.78, 5) is 51.0. The monoisotopic (exact) mass is 702 g/mol. The van der Waals surface area contributed by atoms with E-state index in [1.165, 1.54) is 25.7 Å². The zero-order valence-corrected chi connectivity index (χ0v) is 30.2. The molecule has 0 aliphatic carbocycles. The van der Waals surface area contributed by atoms with E-state index >= 15 is 0 Å². The van der Waals surface area contributed by atoms with Crippen molar-refractivity contribution < 1.29 is 19.2 Å². The Balaban J connectivity index is 1.11. The highest BCUT2D eigenvalue weighted by molar-refractivity contribution is 6.10. The van der Waals surface area contributed by atoms with Crippen molar-refractivity contribution in [3.63, 3.8) is 0 Å². The summed E-state index contributed by atoms with van der Waals surface area (Å²) in [7, 11) is 0. The standard InChI is InChI=1S/C44H54N4O4/c45-43(51)37-27-17-15-25-35(37)41(49)39(31-33-21-11-9-12-22-33)47-29-19-7-5-3-1-2-4-6-8-20-30-48-40(32-34-23-13-10-14-24-34)42(50)36-26-16-18-28-38(36)44(46)52/h9-18,21-28,39-40,47-48H,1-8,19-20,29-32H2,(H2,45,51)(H2,46,52). The zero-order valence-electron chi connectivity index (χ0n) is 30.2. The molecule has 4 aromatic rings. The quantitative estimate of drug-likeness (QED) is 0.0423. The molecule has 52 heavy (non-hydrogen) atoms. The predicted octanol–water partition coefficient (Wildman–Crippen LogP) is 7.25. The zero-order chi connectivity index (χ0) is 37.0. The van der Waals surface area contributed by atoms with Crippen LogP contribution in [0.1, 0.15) is 117 Å². The van der Waals surface area contributed by atoms with E-state index in [-0.39, 0.29) is 22.7 Å². The fraction of sp³-hybridized carbons (Fsp3) is 0.364. The summed E-state index contributed by atoms with van der Waals surface area (Å²) in [6.45, 7) is 1.46. The van der Waals surface area contributed by atoms with Crippen LogP contribution in [0.2, 0.25) is 0 Å². The number of primary amides is 2. The van der Waals surface area contributed by atoms with Gasteiger partial charge in [0.25, 0.3) is 0 Å². The smallest absolute Gasteiger partial charge is 0.249 e. The first-order valence-corrected chi connectivity index (χ1v) is 18.8. The fourth-order valence-corrected chi connectivity index (χ4v) is 6.63. The second-order valence-electron chi connectivity index (χ2n) is 13.5. The van der Waals surface area contributed by atoms with Gasteiger partial charge in [-0.15, -0.1) is 0 Å². The van der Waals surface area contributed by atoms with Crippen LogP contribution in [-0.4, -0.2) is 48.6 Å². The molecule has 274 valence electrons. The average Bonchev–Trinajstić information content (AvgIpc) is 3.17. The van der Waals surface area contributed by atoms with E-state index in [9.17, 15) is 19.2 Å². The molecule has 2 unspecified atom stereocenters. The summed E-state index contributed by atoms with van der Waals surface area (Å²) in [6, 6.07) is 32.5. The first-order valence-electron chi connectivity index (χ1n) is 18.8. The SMILES string of the molecule is NC(=O)c1ccccc1C(=O)C(Cc1ccccc1)NCCCCCCCCCCCCNC(Cc1ccccc1)C(=O)c1ccccc1C(N)=O. The summed E-state index contributed by atoms with van der Waals surface area (Å²) in [5, 5.41) is 6.93. The normalized spacial score (nSPS) is 12.2. The molecule has 0 aliphatic heterocycles. The molecule has 0 radical (unpaired) electrons. The second kappa shape index (κ2) is 22.1. The van der Waals surface area contributed by atoms with Crippen LogP contribution in [0.5, 0.6) is 0 Å². The minimum Gasteiger partial charge on any atom is -0.366 e. The van der Waals surface area contributed by atoms with E-state index in [1.807, 2.05) is 60.7 Å². The number of carbonyl (C=O) groups excluding carboxylic acids is 4. The van der Waals surface area contributed by atoms with Gasteiger partial charge in [-0.05, 0) is 62.0 Å². The Kier molecular flexibility index (Phi) is 16.9. The predicted molar refractivity (Wildman–Crippen MR) is 209 cm³/mol. The van der Waals surface area contributed by atoms with Gasteiger partial charge >= 0.3 is 0 Å².